The number of piperazine rings is 1. The molecule has 2 aromatic rings. The number of benzene rings is 1. The Bertz CT molecular complexity index is 1070. The molecule has 0 bridgehead atoms. The molecule has 1 aliphatic heterocycles. The summed E-state index contributed by atoms with van der Waals surface area (Å²) >= 11 is 0. The van der Waals surface area contributed by atoms with E-state index in [2.05, 4.69) is 28.7 Å². The van der Waals surface area contributed by atoms with Gasteiger partial charge < -0.3 is 29.7 Å². The summed E-state index contributed by atoms with van der Waals surface area (Å²) in [5.41, 5.74) is 0.877. The zero-order valence-corrected chi connectivity index (χ0v) is 24.0. The molecule has 3 rings (SSSR count). The summed E-state index contributed by atoms with van der Waals surface area (Å²) in [5, 5.41) is 7.75. The zero-order chi connectivity index (χ0) is 26.3. The number of unbranched alkanes of at least 4 members (excludes halogenated alkanes) is 1. The molecular formula is C27H33N5NaO4-. The molecule has 1 saturated heterocycles. The Morgan fingerprint density at radius 1 is 1.16 bits per heavy atom. The fraction of sp³-hybridized carbons (Fsp3) is 0.333. The van der Waals surface area contributed by atoms with Gasteiger partial charge in [0.2, 0.25) is 0 Å². The third kappa shape index (κ3) is 10.0. The summed E-state index contributed by atoms with van der Waals surface area (Å²) in [6.07, 6.45) is 15.6. The number of carbonyl (C=O) groups is 2. The molecule has 1 fully saturated rings. The van der Waals surface area contributed by atoms with Gasteiger partial charge in [-0.15, -0.1) is 42.9 Å². The van der Waals surface area contributed by atoms with Crippen molar-refractivity contribution < 1.29 is 48.6 Å². The van der Waals surface area contributed by atoms with Gasteiger partial charge in [0.15, 0.2) is 11.7 Å². The van der Waals surface area contributed by atoms with Crippen LogP contribution in [-0.2, 0) is 4.79 Å². The molecule has 1 aliphatic rings. The van der Waals surface area contributed by atoms with Gasteiger partial charge in [0.25, 0.3) is 5.91 Å². The molecule has 2 N–H and O–H groups in total. The normalized spacial score (nSPS) is 12.9. The van der Waals surface area contributed by atoms with E-state index < -0.39 is 0 Å². The number of rotatable bonds is 9. The SMILES string of the molecule is C=CC=[C-]c1ccc(OC)c(OC)c1.CCC[C-]=CC(=N)C(=O)N1CCN(C(=O)c2ncc[nH]2)CC1.[Na+]. The summed E-state index contributed by atoms with van der Waals surface area (Å²) < 4.78 is 10.3. The number of aromatic nitrogens is 2. The van der Waals surface area contributed by atoms with Crippen LogP contribution in [0.4, 0.5) is 0 Å². The van der Waals surface area contributed by atoms with Crippen molar-refractivity contribution in [1.82, 2.24) is 19.8 Å². The van der Waals surface area contributed by atoms with Crippen LogP contribution in [0, 0.1) is 17.6 Å². The molecule has 0 unspecified atom stereocenters. The molecular weight excluding hydrogens is 481 g/mol. The average Bonchev–Trinajstić information content (AvgIpc) is 3.46. The maximum absolute atomic E-state index is 12.1. The van der Waals surface area contributed by atoms with E-state index >= 15 is 0 Å². The molecule has 0 saturated carbocycles. The van der Waals surface area contributed by atoms with Crippen molar-refractivity contribution >= 4 is 17.5 Å². The number of methoxy groups -OCH3 is 2. The smallest absolute Gasteiger partial charge is 0.503 e. The molecule has 0 radical (unpaired) electrons. The fourth-order valence-corrected chi connectivity index (χ4v) is 3.28. The van der Waals surface area contributed by atoms with E-state index in [9.17, 15) is 9.59 Å². The number of amides is 2. The summed E-state index contributed by atoms with van der Waals surface area (Å²) in [4.78, 5) is 34.2. The minimum absolute atomic E-state index is 0. The summed E-state index contributed by atoms with van der Waals surface area (Å²) in [7, 11) is 3.22. The second-order valence-corrected chi connectivity index (χ2v) is 7.65. The van der Waals surface area contributed by atoms with E-state index in [0.717, 1.165) is 24.2 Å². The monoisotopic (exact) mass is 514 g/mol. The third-order valence-corrected chi connectivity index (χ3v) is 5.18. The van der Waals surface area contributed by atoms with E-state index in [1.54, 1.807) is 42.4 Å². The molecule has 37 heavy (non-hydrogen) atoms. The minimum atomic E-state index is -0.311. The number of hydrogen-bond donors (Lipinski definition) is 2. The molecule has 9 nitrogen and oxygen atoms in total. The van der Waals surface area contributed by atoms with Gasteiger partial charge in [-0.2, -0.15) is 0 Å². The Morgan fingerprint density at radius 2 is 1.84 bits per heavy atom. The van der Waals surface area contributed by atoms with Crippen LogP contribution in [0.3, 0.4) is 0 Å². The Kier molecular flexibility index (Phi) is 14.9. The van der Waals surface area contributed by atoms with Crippen LogP contribution in [0.15, 0.2) is 55.4 Å². The van der Waals surface area contributed by atoms with Crippen LogP contribution < -0.4 is 39.0 Å². The van der Waals surface area contributed by atoms with Crippen molar-refractivity contribution in [1.29, 1.82) is 5.41 Å². The topological polar surface area (TPSA) is 112 Å². The van der Waals surface area contributed by atoms with Crippen LogP contribution in [0.1, 0.15) is 35.9 Å². The van der Waals surface area contributed by atoms with Gasteiger partial charge in [0.05, 0.1) is 14.2 Å². The van der Waals surface area contributed by atoms with Crippen molar-refractivity contribution in [3.8, 4) is 11.5 Å². The van der Waals surface area contributed by atoms with Crippen molar-refractivity contribution in [2.24, 2.45) is 0 Å². The Hall–Kier alpha value is -3.14. The summed E-state index contributed by atoms with van der Waals surface area (Å²) in [6.45, 7) is 7.34. The molecule has 2 heterocycles. The molecule has 1 aromatic heterocycles. The molecule has 0 aliphatic carbocycles. The van der Waals surface area contributed by atoms with Crippen molar-refractivity contribution in [2.45, 2.75) is 19.8 Å². The number of aromatic amines is 1. The Balaban J connectivity index is 0.000000396. The predicted octanol–water partition coefficient (Wildman–Crippen LogP) is 0.475. The minimum Gasteiger partial charge on any atom is -0.503 e. The van der Waals surface area contributed by atoms with Crippen molar-refractivity contribution in [3.05, 3.63) is 78.9 Å². The number of nitrogens with one attached hydrogen (secondary N) is 2. The maximum atomic E-state index is 12.1. The predicted molar refractivity (Wildman–Crippen MR) is 138 cm³/mol. The zero-order valence-electron chi connectivity index (χ0n) is 22.0. The number of allylic oxidation sites excluding steroid dienone is 3. The summed E-state index contributed by atoms with van der Waals surface area (Å²) in [5.74, 6) is 1.26. The van der Waals surface area contributed by atoms with E-state index in [0.29, 0.717) is 37.8 Å². The largest absolute Gasteiger partial charge is 1.00 e. The van der Waals surface area contributed by atoms with Crippen molar-refractivity contribution in [3.63, 3.8) is 0 Å². The molecule has 0 atom stereocenters. The number of nitrogens with zero attached hydrogens (tertiary/aromatic N) is 3. The maximum Gasteiger partial charge on any atom is 1.00 e. The van der Waals surface area contributed by atoms with E-state index in [4.69, 9.17) is 14.9 Å². The number of carbonyl (C=O) groups excluding carboxylic acids is 2. The second-order valence-electron chi connectivity index (χ2n) is 7.65. The van der Waals surface area contributed by atoms with Gasteiger partial charge >= 0.3 is 29.6 Å². The Morgan fingerprint density at radius 3 is 2.41 bits per heavy atom. The number of ether oxygens (including phenoxy) is 2. The van der Waals surface area contributed by atoms with Crippen LogP contribution in [0.2, 0.25) is 0 Å². The number of imidazole rings is 1. The van der Waals surface area contributed by atoms with Crippen LogP contribution >= 0.6 is 0 Å². The standard InChI is InChI=1S/C15H20N5O2.C12H13O2.Na/c1-2-3-4-5-12(16)14(21)19-8-10-20(11-9-19)15(22)13-17-6-7-18-13;1-4-5-6-10-7-8-11(13-2)12(9-10)14-3;/h5-7,16H,2-3,8-11H2,1H3,(H,17,18);4-5,7-9H,1H2,2-3H3;/q2*-1;+1. The van der Waals surface area contributed by atoms with Gasteiger partial charge in [0, 0.05) is 38.6 Å². The molecule has 2 amide bonds. The molecule has 10 heteroatoms. The van der Waals surface area contributed by atoms with Gasteiger partial charge in [-0.25, -0.2) is 11.1 Å². The first-order valence-corrected chi connectivity index (χ1v) is 11.6. The quantitative estimate of drug-likeness (QED) is 0.219. The first-order chi connectivity index (χ1) is 17.4. The second kappa shape index (κ2) is 17.3. The van der Waals surface area contributed by atoms with Gasteiger partial charge in [-0.3, -0.25) is 15.7 Å². The van der Waals surface area contributed by atoms with Crippen LogP contribution in [-0.4, -0.2) is 77.7 Å². The summed E-state index contributed by atoms with van der Waals surface area (Å²) in [6, 6.07) is 5.61. The van der Waals surface area contributed by atoms with Crippen molar-refractivity contribution in [2.75, 3.05) is 40.4 Å². The average molecular weight is 515 g/mol. The number of H-pyrrole nitrogens is 1. The molecule has 192 valence electrons. The van der Waals surface area contributed by atoms with Crippen LogP contribution in [0.25, 0.3) is 0 Å². The van der Waals surface area contributed by atoms with Gasteiger partial charge in [-0.05, 0) is 5.71 Å². The van der Waals surface area contributed by atoms with Gasteiger partial charge in [0.1, 0.15) is 11.5 Å². The number of hydrogen-bond acceptors (Lipinski definition) is 6. The Labute approximate surface area is 241 Å². The molecule has 0 spiro atoms. The first kappa shape index (κ1) is 31.9. The molecule has 1 aromatic carbocycles. The first-order valence-electron chi connectivity index (χ1n) is 11.6. The van der Waals surface area contributed by atoms with E-state index in [1.165, 1.54) is 12.3 Å². The van der Waals surface area contributed by atoms with Gasteiger partial charge in [-0.1, -0.05) is 25.5 Å². The van der Waals surface area contributed by atoms with E-state index in [1.807, 2.05) is 25.1 Å². The third-order valence-electron chi connectivity index (χ3n) is 5.18. The fourth-order valence-electron chi connectivity index (χ4n) is 3.28. The van der Waals surface area contributed by atoms with E-state index in [-0.39, 0.29) is 47.1 Å². The van der Waals surface area contributed by atoms with Crippen LogP contribution in [0.5, 0.6) is 11.5 Å².